The summed E-state index contributed by atoms with van der Waals surface area (Å²) < 4.78 is 27.0. The number of rotatable bonds is 31. The van der Waals surface area contributed by atoms with Crippen LogP contribution in [-0.4, -0.2) is 197 Å². The zero-order valence-electron chi connectivity index (χ0n) is 57.6. The minimum atomic E-state index is -1.94. The summed E-state index contributed by atoms with van der Waals surface area (Å²) in [5, 5.41) is 76.2. The van der Waals surface area contributed by atoms with Crippen LogP contribution in [0, 0.1) is 23.2 Å². The first-order chi connectivity index (χ1) is 49.3. The Morgan fingerprint density at radius 2 is 1.58 bits per heavy atom. The normalized spacial score (nSPS) is 24.7. The number of amides is 5. The average molecular weight is 1440 g/mol. The Kier molecular flexibility index (Phi) is 21.8. The topological polar surface area (TPSA) is 384 Å². The van der Waals surface area contributed by atoms with Gasteiger partial charge in [0, 0.05) is 93.3 Å². The van der Waals surface area contributed by atoms with E-state index in [1.54, 1.807) is 42.6 Å². The number of aliphatic hydroxyl groups excluding tert-OH is 3. The summed E-state index contributed by atoms with van der Waals surface area (Å²) in [6.07, 6.45) is 5.11. The fourth-order valence-electron chi connectivity index (χ4n) is 16.9. The highest BCUT2D eigenvalue weighted by Crippen LogP contribution is 2.72. The number of pyridine rings is 1. The van der Waals surface area contributed by atoms with Gasteiger partial charge < -0.3 is 70.0 Å². The number of aromatic carboxylic acids is 1. The predicted octanol–water partition coefficient (Wildman–Crippen LogP) is 7.81. The summed E-state index contributed by atoms with van der Waals surface area (Å²) in [5.74, 6) is -4.50. The monoisotopic (exact) mass is 1430 g/mol. The van der Waals surface area contributed by atoms with E-state index in [9.17, 15) is 69.0 Å². The lowest BCUT2D eigenvalue weighted by Crippen LogP contribution is -2.64. The Morgan fingerprint density at radius 3 is 2.33 bits per heavy atom. The van der Waals surface area contributed by atoms with E-state index in [1.165, 1.54) is 34.5 Å². The van der Waals surface area contributed by atoms with E-state index in [4.69, 9.17) is 29.0 Å². The Labute approximate surface area is 597 Å². The molecule has 3 aromatic heterocycles. The third kappa shape index (κ3) is 16.7. The maximum atomic E-state index is 13.9. The molecule has 13 rings (SSSR count). The van der Waals surface area contributed by atoms with E-state index in [0.29, 0.717) is 97.0 Å². The largest absolute Gasteiger partial charge is 0.481 e. The molecule has 6 heterocycles. The minimum Gasteiger partial charge on any atom is -0.481 e. The van der Waals surface area contributed by atoms with Crippen molar-refractivity contribution in [1.29, 1.82) is 0 Å². The Morgan fingerprint density at radius 1 is 0.806 bits per heavy atom. The van der Waals surface area contributed by atoms with Crippen LogP contribution >= 0.6 is 11.3 Å². The number of fused-ring (bicyclic) bond motifs is 2. The third-order valence-electron chi connectivity index (χ3n) is 20.4. The van der Waals surface area contributed by atoms with Crippen molar-refractivity contribution in [3.8, 4) is 16.9 Å². The lowest BCUT2D eigenvalue weighted by Gasteiger charge is -2.69. The van der Waals surface area contributed by atoms with Crippen molar-refractivity contribution in [2.75, 3.05) is 68.0 Å². The zero-order chi connectivity index (χ0) is 73.0. The molecule has 29 heteroatoms. The molecular weight excluding hydrogens is 1350 g/mol. The number of benzene rings is 3. The molecule has 1 saturated heterocycles. The number of anilines is 3. The number of carboxylic acid groups (broad SMARTS) is 3. The molecule has 0 radical (unpaired) electrons. The fraction of sp³-hybridized carbons (Fsp3) is 0.473. The maximum absolute atomic E-state index is 13.9. The van der Waals surface area contributed by atoms with Gasteiger partial charge in [0.1, 0.15) is 36.5 Å². The zero-order valence-corrected chi connectivity index (χ0v) is 58.4. The van der Waals surface area contributed by atoms with Gasteiger partial charge in [-0.25, -0.2) is 24.4 Å². The molecule has 0 spiro atoms. The number of aromatic nitrogens is 4. The molecule has 4 bridgehead atoms. The van der Waals surface area contributed by atoms with Crippen molar-refractivity contribution in [2.24, 2.45) is 16.2 Å². The van der Waals surface area contributed by atoms with Crippen molar-refractivity contribution in [2.45, 2.75) is 154 Å². The molecular formula is C74H86N10O18S. The average Bonchev–Trinajstić information content (AvgIpc) is 1.16. The first kappa shape index (κ1) is 73.1. The van der Waals surface area contributed by atoms with Crippen molar-refractivity contribution in [3.05, 3.63) is 131 Å². The number of imide groups is 1. The summed E-state index contributed by atoms with van der Waals surface area (Å²) in [6.45, 7) is 8.63. The number of nitrogens with zero attached hydrogens (tertiary/aromatic N) is 7. The number of nitrogens with one attached hydrogen (secondary N) is 3. The molecule has 5 amide bonds. The van der Waals surface area contributed by atoms with Gasteiger partial charge in [-0.05, 0) is 153 Å². The number of ether oxygens (including phenoxy) is 4. The molecule has 3 aliphatic heterocycles. The number of unbranched alkanes of at least 4 members (excludes halogenated alkanes) is 2. The molecule has 7 atom stereocenters. The molecule has 7 aliphatic rings. The van der Waals surface area contributed by atoms with Gasteiger partial charge in [-0.1, -0.05) is 68.0 Å². The van der Waals surface area contributed by atoms with Gasteiger partial charge in [-0.3, -0.25) is 38.9 Å². The molecule has 5 fully saturated rings. The summed E-state index contributed by atoms with van der Waals surface area (Å²) in [4.78, 5) is 115. The molecule has 4 saturated carbocycles. The molecule has 28 nitrogen and oxygen atoms in total. The van der Waals surface area contributed by atoms with Gasteiger partial charge in [-0.15, -0.1) is 0 Å². The fourth-order valence-corrected chi connectivity index (χ4v) is 17.8. The van der Waals surface area contributed by atoms with Crippen LogP contribution in [0.2, 0.25) is 0 Å². The standard InChI is InChI=1S/C74H86N10O18S/c1-44-49(47-19-21-55(79-60(47)66(94)95)82-29-24-46-13-9-14-48(50(46)36-82)65(93)80-69-78-51-15-6-7-16-54(51)103-69)35-77-84(44)43-73-38-71(2)37-72(3,39-73)41-74(40-71,42-73)100-33-31-81(30-25-59(88)89)70(98)99-32-10-12-45-18-20-53(101-68-63(92)61(90)62(91)64(102-68)67(96)97)52(34-45)75-26-11-27-76-56(85)17-5-4-8-28-83-57(86)22-23-58(83)87/h6-7,9-10,12-16,18-23,34-35,61-64,68,75,90-92H,4-5,8,11,17,24-33,36-43H2,1-3H3,(H,76,85)(H,88,89)(H,94,95)(H,96,97)(H,78,80,93)/b12-10+/t61-,62-,63+,64-,68+,71?,72?,73?,74?/m0/s1. The van der Waals surface area contributed by atoms with Crippen LogP contribution in [0.1, 0.15) is 134 Å². The number of hydrogen-bond donors (Lipinski definition) is 9. The quantitative estimate of drug-likeness (QED) is 0.0148. The lowest BCUT2D eigenvalue weighted by molar-refractivity contribution is -0.271. The van der Waals surface area contributed by atoms with Gasteiger partial charge in [0.2, 0.25) is 12.2 Å². The SMILES string of the molecule is Cc1c(-c2ccc(N3CCc4cccc(C(=O)Nc5nc6ccccc6s5)c4C3)nc2C(=O)O)cnn1CC12CC3(C)CC(C)(C1)CC(OCCN(CCC(=O)O)C(=O)OC/C=C/c1ccc(O[C@@H]4O[C@H](C(=O)O)[C@@H](O)[C@H](O)[C@H]4O)c(NCCCNC(=O)CCCCCN4C(=O)C=CC4=O)c1)(C3)C2. The van der Waals surface area contributed by atoms with Crippen LogP contribution in [0.3, 0.4) is 0 Å². The van der Waals surface area contributed by atoms with Crippen molar-refractivity contribution in [1.82, 2.24) is 34.9 Å². The first-order valence-electron chi connectivity index (χ1n) is 34.8. The number of carbonyl (C=O) groups excluding carboxylic acids is 5. The van der Waals surface area contributed by atoms with Gasteiger partial charge in [0.05, 0.1) is 40.7 Å². The second-order valence-corrected chi connectivity index (χ2v) is 29.8. The summed E-state index contributed by atoms with van der Waals surface area (Å²) in [5.41, 5.74) is 4.81. The molecule has 3 aromatic carbocycles. The van der Waals surface area contributed by atoms with E-state index < -0.39 is 60.3 Å². The van der Waals surface area contributed by atoms with Crippen molar-refractivity contribution in [3.63, 3.8) is 0 Å². The number of carbonyl (C=O) groups is 8. The van der Waals surface area contributed by atoms with Gasteiger partial charge in [0.25, 0.3) is 17.7 Å². The summed E-state index contributed by atoms with van der Waals surface area (Å²) in [6, 6.07) is 21.7. The highest BCUT2D eigenvalue weighted by Gasteiger charge is 2.66. The predicted molar refractivity (Wildman–Crippen MR) is 377 cm³/mol. The van der Waals surface area contributed by atoms with Crippen LogP contribution in [0.4, 0.5) is 21.4 Å². The van der Waals surface area contributed by atoms with Gasteiger partial charge >= 0.3 is 24.0 Å². The first-order valence-corrected chi connectivity index (χ1v) is 35.6. The number of hydrogen-bond acceptors (Lipinski definition) is 21. The molecule has 546 valence electrons. The number of aliphatic hydroxyl groups is 3. The number of aliphatic carboxylic acids is 2. The van der Waals surface area contributed by atoms with Crippen LogP contribution in [0.25, 0.3) is 27.4 Å². The van der Waals surface area contributed by atoms with Crippen molar-refractivity contribution >= 4 is 91.9 Å². The number of carboxylic acids is 3. The highest BCUT2D eigenvalue weighted by molar-refractivity contribution is 7.22. The Bertz CT molecular complexity index is 4240. The summed E-state index contributed by atoms with van der Waals surface area (Å²) in [7, 11) is 0. The maximum Gasteiger partial charge on any atom is 0.410 e. The van der Waals surface area contributed by atoms with Crippen molar-refractivity contribution < 1.29 is 87.9 Å². The second kappa shape index (κ2) is 30.7. The number of thiazole rings is 1. The van der Waals surface area contributed by atoms with Crippen LogP contribution in [0.15, 0.2) is 97.2 Å². The van der Waals surface area contributed by atoms with E-state index in [1.807, 2.05) is 59.0 Å². The van der Waals surface area contributed by atoms with Crippen LogP contribution in [-0.2, 0) is 57.7 Å². The molecule has 2 unspecified atom stereocenters. The molecule has 9 N–H and O–H groups in total. The van der Waals surface area contributed by atoms with E-state index in [0.717, 1.165) is 64.0 Å². The van der Waals surface area contributed by atoms with Gasteiger partial charge in [0.15, 0.2) is 16.9 Å². The molecule has 103 heavy (non-hydrogen) atoms. The number of para-hydroxylation sites is 1. The van der Waals surface area contributed by atoms with Crippen LogP contribution < -0.4 is 25.6 Å². The summed E-state index contributed by atoms with van der Waals surface area (Å²) >= 11 is 1.40. The molecule has 4 aliphatic carbocycles. The Balaban J connectivity index is 0.665. The van der Waals surface area contributed by atoms with Gasteiger partial charge in [-0.2, -0.15) is 5.10 Å². The third-order valence-corrected chi connectivity index (χ3v) is 21.4. The van der Waals surface area contributed by atoms with E-state index >= 15 is 0 Å². The van der Waals surface area contributed by atoms with E-state index in [2.05, 4.69) is 34.8 Å². The minimum absolute atomic E-state index is 0.0432. The van der Waals surface area contributed by atoms with Crippen LogP contribution in [0.5, 0.6) is 5.75 Å². The highest BCUT2D eigenvalue weighted by atomic mass is 32.1. The van der Waals surface area contributed by atoms with E-state index in [-0.39, 0.29) is 110 Å². The molecule has 6 aromatic rings. The Hall–Kier alpha value is -9.65. The smallest absolute Gasteiger partial charge is 0.410 e. The lowest BCUT2D eigenvalue weighted by atomic mass is 9.39. The second-order valence-electron chi connectivity index (χ2n) is 28.8.